The van der Waals surface area contributed by atoms with E-state index in [1.54, 1.807) is 11.3 Å². The summed E-state index contributed by atoms with van der Waals surface area (Å²) in [6.07, 6.45) is 0.0400. The van der Waals surface area contributed by atoms with Gasteiger partial charge in [-0.3, -0.25) is 4.79 Å². The molecule has 0 aliphatic rings. The molecule has 3 rings (SSSR count). The lowest BCUT2D eigenvalue weighted by Gasteiger charge is -2.13. The molecule has 2 aromatic carbocycles. The summed E-state index contributed by atoms with van der Waals surface area (Å²) in [5, 5.41) is 2.94. The van der Waals surface area contributed by atoms with Gasteiger partial charge in [-0.1, -0.05) is 30.3 Å². The molecule has 0 saturated heterocycles. The molecule has 0 amide bonds. The SMILES string of the molecule is CC(C)Oc1ccccc1C(=O)c1csc2ccccc12. The van der Waals surface area contributed by atoms with Gasteiger partial charge in [-0.05, 0) is 32.0 Å². The molecule has 0 radical (unpaired) electrons. The van der Waals surface area contributed by atoms with E-state index < -0.39 is 0 Å². The summed E-state index contributed by atoms with van der Waals surface area (Å²) in [6, 6.07) is 15.4. The molecule has 0 aliphatic heterocycles. The third-order valence-corrected chi connectivity index (χ3v) is 4.18. The van der Waals surface area contributed by atoms with Gasteiger partial charge >= 0.3 is 0 Å². The van der Waals surface area contributed by atoms with Crippen LogP contribution in [-0.2, 0) is 0 Å². The van der Waals surface area contributed by atoms with Crippen LogP contribution in [0, 0.1) is 0 Å². The van der Waals surface area contributed by atoms with Crippen molar-refractivity contribution in [3.63, 3.8) is 0 Å². The van der Waals surface area contributed by atoms with Gasteiger partial charge in [-0.15, -0.1) is 11.3 Å². The Morgan fingerprint density at radius 2 is 1.71 bits per heavy atom. The van der Waals surface area contributed by atoms with Gasteiger partial charge in [0.15, 0.2) is 5.78 Å². The molecule has 0 bridgehead atoms. The van der Waals surface area contributed by atoms with Crippen molar-refractivity contribution in [3.8, 4) is 5.75 Å². The Kier molecular flexibility index (Phi) is 3.76. The van der Waals surface area contributed by atoms with Crippen LogP contribution in [0.2, 0.25) is 0 Å². The van der Waals surface area contributed by atoms with Gasteiger partial charge in [-0.2, -0.15) is 0 Å². The molecule has 1 aromatic heterocycles. The first-order chi connectivity index (χ1) is 10.2. The van der Waals surface area contributed by atoms with E-state index in [4.69, 9.17) is 4.74 Å². The van der Waals surface area contributed by atoms with Crippen LogP contribution in [0.25, 0.3) is 10.1 Å². The van der Waals surface area contributed by atoms with E-state index in [0.29, 0.717) is 11.3 Å². The zero-order valence-electron chi connectivity index (χ0n) is 12.0. The van der Waals surface area contributed by atoms with Crippen LogP contribution in [0.4, 0.5) is 0 Å². The number of para-hydroxylation sites is 1. The van der Waals surface area contributed by atoms with Crippen LogP contribution >= 0.6 is 11.3 Å². The molecule has 3 heteroatoms. The van der Waals surface area contributed by atoms with Crippen molar-refractivity contribution >= 4 is 27.2 Å². The van der Waals surface area contributed by atoms with E-state index in [-0.39, 0.29) is 11.9 Å². The highest BCUT2D eigenvalue weighted by atomic mass is 32.1. The number of hydrogen-bond donors (Lipinski definition) is 0. The molecule has 2 nitrogen and oxygen atoms in total. The fourth-order valence-corrected chi connectivity index (χ4v) is 3.25. The fourth-order valence-electron chi connectivity index (χ4n) is 2.31. The highest BCUT2D eigenvalue weighted by molar-refractivity contribution is 7.17. The second-order valence-electron chi connectivity index (χ2n) is 5.14. The average molecular weight is 296 g/mol. The lowest BCUT2D eigenvalue weighted by Crippen LogP contribution is -2.10. The quantitative estimate of drug-likeness (QED) is 0.639. The summed E-state index contributed by atoms with van der Waals surface area (Å²) >= 11 is 1.60. The number of benzene rings is 2. The molecule has 106 valence electrons. The zero-order chi connectivity index (χ0) is 14.8. The maximum Gasteiger partial charge on any atom is 0.198 e. The number of fused-ring (bicyclic) bond motifs is 1. The summed E-state index contributed by atoms with van der Waals surface area (Å²) in [5.74, 6) is 0.663. The number of thiophene rings is 1. The van der Waals surface area contributed by atoms with Crippen LogP contribution in [0.15, 0.2) is 53.9 Å². The van der Waals surface area contributed by atoms with Crippen molar-refractivity contribution in [2.75, 3.05) is 0 Å². The Labute approximate surface area is 128 Å². The standard InChI is InChI=1S/C18H16O2S/c1-12(2)20-16-9-5-3-8-14(16)18(19)15-11-21-17-10-6-4-7-13(15)17/h3-12H,1-2H3. The normalized spacial score (nSPS) is 11.0. The third-order valence-electron chi connectivity index (χ3n) is 3.22. The van der Waals surface area contributed by atoms with Gasteiger partial charge in [-0.25, -0.2) is 0 Å². The van der Waals surface area contributed by atoms with Gasteiger partial charge in [0.2, 0.25) is 0 Å². The highest BCUT2D eigenvalue weighted by Gasteiger charge is 2.18. The van der Waals surface area contributed by atoms with E-state index in [2.05, 4.69) is 0 Å². The Morgan fingerprint density at radius 1 is 1.00 bits per heavy atom. The molecule has 0 fully saturated rings. The average Bonchev–Trinajstić information content (AvgIpc) is 2.90. The molecule has 0 N–H and O–H groups in total. The Balaban J connectivity index is 2.06. The van der Waals surface area contributed by atoms with Crippen molar-refractivity contribution in [2.45, 2.75) is 20.0 Å². The van der Waals surface area contributed by atoms with Crippen LogP contribution in [0.1, 0.15) is 29.8 Å². The van der Waals surface area contributed by atoms with Crippen LogP contribution in [-0.4, -0.2) is 11.9 Å². The van der Waals surface area contributed by atoms with Crippen molar-refractivity contribution in [1.82, 2.24) is 0 Å². The van der Waals surface area contributed by atoms with Crippen molar-refractivity contribution in [1.29, 1.82) is 0 Å². The van der Waals surface area contributed by atoms with Crippen LogP contribution in [0.3, 0.4) is 0 Å². The summed E-state index contributed by atoms with van der Waals surface area (Å²) in [7, 11) is 0. The first-order valence-corrected chi connectivity index (χ1v) is 7.81. The molecular weight excluding hydrogens is 280 g/mol. The minimum absolute atomic E-state index is 0.0173. The minimum Gasteiger partial charge on any atom is -0.490 e. The lowest BCUT2D eigenvalue weighted by molar-refractivity contribution is 0.103. The topological polar surface area (TPSA) is 26.3 Å². The molecule has 3 aromatic rings. The molecule has 21 heavy (non-hydrogen) atoms. The summed E-state index contributed by atoms with van der Waals surface area (Å²) in [5.41, 5.74) is 1.37. The molecule has 1 heterocycles. The third kappa shape index (κ3) is 2.69. The van der Waals surface area contributed by atoms with Crippen molar-refractivity contribution in [2.24, 2.45) is 0 Å². The first-order valence-electron chi connectivity index (χ1n) is 6.93. The van der Waals surface area contributed by atoms with Gasteiger partial charge in [0.05, 0.1) is 11.7 Å². The smallest absolute Gasteiger partial charge is 0.198 e. The molecular formula is C18H16O2S. The Morgan fingerprint density at radius 3 is 2.52 bits per heavy atom. The van der Waals surface area contributed by atoms with E-state index in [1.165, 1.54) is 0 Å². The van der Waals surface area contributed by atoms with Crippen LogP contribution < -0.4 is 4.74 Å². The van der Waals surface area contributed by atoms with Gasteiger partial charge in [0.1, 0.15) is 5.75 Å². The maximum absolute atomic E-state index is 12.9. The molecule has 0 aliphatic carbocycles. The number of ether oxygens (including phenoxy) is 1. The maximum atomic E-state index is 12.9. The zero-order valence-corrected chi connectivity index (χ0v) is 12.8. The predicted molar refractivity (Wildman–Crippen MR) is 87.5 cm³/mol. The molecule has 0 spiro atoms. The molecule has 0 unspecified atom stereocenters. The van der Waals surface area contributed by atoms with Crippen molar-refractivity contribution in [3.05, 3.63) is 65.0 Å². The lowest BCUT2D eigenvalue weighted by atomic mass is 10.0. The van der Waals surface area contributed by atoms with E-state index in [9.17, 15) is 4.79 Å². The summed E-state index contributed by atoms with van der Waals surface area (Å²) < 4.78 is 6.89. The number of ketones is 1. The fraction of sp³-hybridized carbons (Fsp3) is 0.167. The van der Waals surface area contributed by atoms with Gasteiger partial charge in [0.25, 0.3) is 0 Å². The van der Waals surface area contributed by atoms with E-state index >= 15 is 0 Å². The number of rotatable bonds is 4. The van der Waals surface area contributed by atoms with Gasteiger partial charge in [0, 0.05) is 21.0 Å². The number of carbonyl (C=O) groups is 1. The van der Waals surface area contributed by atoms with E-state index in [1.807, 2.05) is 67.8 Å². The molecule has 0 saturated carbocycles. The number of hydrogen-bond acceptors (Lipinski definition) is 3. The summed E-state index contributed by atoms with van der Waals surface area (Å²) in [6.45, 7) is 3.92. The second-order valence-corrected chi connectivity index (χ2v) is 6.05. The largest absolute Gasteiger partial charge is 0.490 e. The second kappa shape index (κ2) is 5.70. The monoisotopic (exact) mass is 296 g/mol. The van der Waals surface area contributed by atoms with Crippen LogP contribution in [0.5, 0.6) is 5.75 Å². The summed E-state index contributed by atoms with van der Waals surface area (Å²) in [4.78, 5) is 12.9. The minimum atomic E-state index is 0.0173. The van der Waals surface area contributed by atoms with Crippen molar-refractivity contribution < 1.29 is 9.53 Å². The first kappa shape index (κ1) is 13.8. The van der Waals surface area contributed by atoms with E-state index in [0.717, 1.165) is 15.6 Å². The Bertz CT molecular complexity index is 787. The number of carbonyl (C=O) groups excluding carboxylic acids is 1. The van der Waals surface area contributed by atoms with Gasteiger partial charge < -0.3 is 4.74 Å². The highest BCUT2D eigenvalue weighted by Crippen LogP contribution is 2.30. The predicted octanol–water partition coefficient (Wildman–Crippen LogP) is 4.92. The molecule has 0 atom stereocenters. The Hall–Kier alpha value is -2.13.